The first-order valence-electron chi connectivity index (χ1n) is 11.5. The number of carbonyl (C=O) groups excluding carboxylic acids is 2. The quantitative estimate of drug-likeness (QED) is 0.744. The highest BCUT2D eigenvalue weighted by Gasteiger charge is 2.35. The molecule has 9 nitrogen and oxygen atoms in total. The van der Waals surface area contributed by atoms with E-state index in [1.807, 2.05) is 42.2 Å². The van der Waals surface area contributed by atoms with E-state index in [-0.39, 0.29) is 30.4 Å². The lowest BCUT2D eigenvalue weighted by atomic mass is 9.93. The lowest BCUT2D eigenvalue weighted by molar-refractivity contribution is -0.117. The summed E-state index contributed by atoms with van der Waals surface area (Å²) in [6.45, 7) is 4.00. The van der Waals surface area contributed by atoms with Crippen molar-refractivity contribution in [3.05, 3.63) is 41.5 Å². The van der Waals surface area contributed by atoms with Gasteiger partial charge in [0, 0.05) is 31.3 Å². The van der Waals surface area contributed by atoms with Gasteiger partial charge in [-0.3, -0.25) is 4.79 Å². The summed E-state index contributed by atoms with van der Waals surface area (Å²) in [5.74, 6) is 2.62. The number of hydrogen-bond acceptors (Lipinski definition) is 6. The summed E-state index contributed by atoms with van der Waals surface area (Å²) in [5.41, 5.74) is 2.93. The summed E-state index contributed by atoms with van der Waals surface area (Å²) in [6, 6.07) is 8.85. The fourth-order valence-electron chi connectivity index (χ4n) is 4.93. The average Bonchev–Trinajstić information content (AvgIpc) is 3.22. The molecule has 0 aromatic heterocycles. The van der Waals surface area contributed by atoms with Crippen molar-refractivity contribution in [3.63, 3.8) is 0 Å². The van der Waals surface area contributed by atoms with E-state index in [9.17, 15) is 9.59 Å². The van der Waals surface area contributed by atoms with Gasteiger partial charge < -0.3 is 34.1 Å². The van der Waals surface area contributed by atoms with Crippen LogP contribution >= 0.6 is 0 Å². The van der Waals surface area contributed by atoms with Crippen molar-refractivity contribution in [2.45, 2.75) is 31.8 Å². The second-order valence-electron chi connectivity index (χ2n) is 8.71. The van der Waals surface area contributed by atoms with Crippen LogP contribution in [0.15, 0.2) is 30.3 Å². The van der Waals surface area contributed by atoms with Crippen LogP contribution < -0.4 is 29.2 Å². The zero-order valence-corrected chi connectivity index (χ0v) is 19.6. The summed E-state index contributed by atoms with van der Waals surface area (Å²) < 4.78 is 22.1. The number of amides is 3. The first-order chi connectivity index (χ1) is 16.5. The van der Waals surface area contributed by atoms with E-state index in [2.05, 4.69) is 5.32 Å². The van der Waals surface area contributed by atoms with E-state index in [0.717, 1.165) is 23.2 Å². The first-order valence-corrected chi connectivity index (χ1v) is 11.5. The Morgan fingerprint density at radius 1 is 1.06 bits per heavy atom. The molecule has 0 unspecified atom stereocenters. The maximum Gasteiger partial charge on any atom is 0.318 e. The number of nitrogens with zero attached hydrogens (tertiary/aromatic N) is 2. The molecular formula is C25H29N3O6. The van der Waals surface area contributed by atoms with E-state index >= 15 is 0 Å². The topological polar surface area (TPSA) is 89.6 Å². The Hall–Kier alpha value is -3.62. The Kier molecular flexibility index (Phi) is 5.85. The molecule has 1 fully saturated rings. The third kappa shape index (κ3) is 3.95. The third-order valence-electron chi connectivity index (χ3n) is 6.74. The molecule has 0 bridgehead atoms. The predicted molar refractivity (Wildman–Crippen MR) is 125 cm³/mol. The molecule has 2 atom stereocenters. The van der Waals surface area contributed by atoms with Gasteiger partial charge in [0.15, 0.2) is 23.0 Å². The number of benzene rings is 2. The highest BCUT2D eigenvalue weighted by atomic mass is 16.6. The summed E-state index contributed by atoms with van der Waals surface area (Å²) in [6.07, 6.45) is 0.977. The minimum absolute atomic E-state index is 0.0316. The van der Waals surface area contributed by atoms with Gasteiger partial charge in [0.05, 0.1) is 26.3 Å². The second kappa shape index (κ2) is 8.96. The van der Waals surface area contributed by atoms with Crippen LogP contribution in [0.2, 0.25) is 0 Å². The van der Waals surface area contributed by atoms with Crippen LogP contribution in [0.1, 0.15) is 30.5 Å². The largest absolute Gasteiger partial charge is 0.493 e. The van der Waals surface area contributed by atoms with Crippen molar-refractivity contribution in [2.24, 2.45) is 0 Å². The molecule has 0 spiro atoms. The van der Waals surface area contributed by atoms with Crippen LogP contribution in [-0.4, -0.2) is 63.4 Å². The second-order valence-corrected chi connectivity index (χ2v) is 8.71. The summed E-state index contributed by atoms with van der Waals surface area (Å²) in [5, 5.41) is 3.07. The van der Waals surface area contributed by atoms with Crippen molar-refractivity contribution in [2.75, 3.05) is 45.4 Å². The zero-order chi connectivity index (χ0) is 23.8. The highest BCUT2D eigenvalue weighted by molar-refractivity contribution is 5.97. The van der Waals surface area contributed by atoms with Crippen molar-refractivity contribution in [3.8, 4) is 23.0 Å². The van der Waals surface area contributed by atoms with Gasteiger partial charge in [-0.1, -0.05) is 0 Å². The van der Waals surface area contributed by atoms with Crippen molar-refractivity contribution in [1.29, 1.82) is 0 Å². The fourth-order valence-corrected chi connectivity index (χ4v) is 4.93. The molecule has 0 saturated carbocycles. The Bertz CT molecular complexity index is 1120. The van der Waals surface area contributed by atoms with Gasteiger partial charge in [-0.05, 0) is 48.7 Å². The van der Waals surface area contributed by atoms with E-state index in [1.54, 1.807) is 19.1 Å². The lowest BCUT2D eigenvalue weighted by Crippen LogP contribution is -2.48. The number of nitrogens with one attached hydrogen (secondary N) is 1. The van der Waals surface area contributed by atoms with E-state index in [4.69, 9.17) is 18.9 Å². The van der Waals surface area contributed by atoms with Gasteiger partial charge in [0.25, 0.3) is 0 Å². The van der Waals surface area contributed by atoms with Crippen molar-refractivity contribution in [1.82, 2.24) is 10.2 Å². The van der Waals surface area contributed by atoms with Crippen LogP contribution in [0.5, 0.6) is 23.0 Å². The van der Waals surface area contributed by atoms with Gasteiger partial charge in [-0.2, -0.15) is 0 Å². The highest BCUT2D eigenvalue weighted by Crippen LogP contribution is 2.38. The summed E-state index contributed by atoms with van der Waals surface area (Å²) >= 11 is 0. The van der Waals surface area contributed by atoms with Crippen molar-refractivity contribution >= 4 is 17.6 Å². The fraction of sp³-hybridized carbons (Fsp3) is 0.440. The number of carbonyl (C=O) groups is 2. The van der Waals surface area contributed by atoms with Crippen molar-refractivity contribution < 1.29 is 28.5 Å². The van der Waals surface area contributed by atoms with Gasteiger partial charge >= 0.3 is 6.03 Å². The molecule has 2 aromatic rings. The Morgan fingerprint density at radius 2 is 1.79 bits per heavy atom. The third-order valence-corrected chi connectivity index (χ3v) is 6.74. The molecule has 3 aliphatic rings. The predicted octanol–water partition coefficient (Wildman–Crippen LogP) is 2.91. The monoisotopic (exact) mass is 467 g/mol. The minimum atomic E-state index is -0.271. The molecule has 0 radical (unpaired) electrons. The minimum Gasteiger partial charge on any atom is -0.493 e. The number of fused-ring (bicyclic) bond motifs is 2. The Morgan fingerprint density at radius 3 is 2.56 bits per heavy atom. The molecular weight excluding hydrogens is 438 g/mol. The summed E-state index contributed by atoms with van der Waals surface area (Å²) in [4.78, 5) is 29.4. The number of ether oxygens (including phenoxy) is 4. The normalized spacial score (nSPS) is 21.2. The molecule has 9 heteroatoms. The molecule has 5 rings (SSSR count). The Balaban J connectivity index is 1.27. The number of anilines is 1. The summed E-state index contributed by atoms with van der Waals surface area (Å²) in [7, 11) is 3.22. The molecule has 2 aromatic carbocycles. The van der Waals surface area contributed by atoms with Crippen LogP contribution in [0.25, 0.3) is 0 Å². The number of methoxy groups -OCH3 is 2. The van der Waals surface area contributed by atoms with Crippen LogP contribution in [0, 0.1) is 0 Å². The van der Waals surface area contributed by atoms with E-state index in [1.165, 1.54) is 0 Å². The SMILES string of the molecule is COc1cc2c(cc1OC)[C@@H](C)N(C(=O)N[C@H]1CC(=O)N(c3ccc4c(c3)OCCO4)C1)CC2. The van der Waals surface area contributed by atoms with Crippen LogP contribution in [0.4, 0.5) is 10.5 Å². The van der Waals surface area contributed by atoms with E-state index in [0.29, 0.717) is 49.3 Å². The smallest absolute Gasteiger partial charge is 0.318 e. The molecule has 3 aliphatic heterocycles. The van der Waals surface area contributed by atoms with Gasteiger partial charge in [0.2, 0.25) is 5.91 Å². The van der Waals surface area contributed by atoms with Gasteiger partial charge in [0.1, 0.15) is 13.2 Å². The maximum atomic E-state index is 13.2. The molecule has 1 saturated heterocycles. The maximum absolute atomic E-state index is 13.2. The number of hydrogen-bond donors (Lipinski definition) is 1. The molecule has 1 N–H and O–H groups in total. The number of rotatable bonds is 4. The number of urea groups is 1. The standard InChI is InChI=1S/C25H29N3O6/c1-15-19-13-22(32-3)21(31-2)10-16(19)6-7-27(15)25(30)26-17-11-24(29)28(14-17)18-4-5-20-23(12-18)34-9-8-33-20/h4-5,10,12-13,15,17H,6-9,11,14H2,1-3H3,(H,26,30)/t15-,17+/m1/s1. The molecule has 34 heavy (non-hydrogen) atoms. The van der Waals surface area contributed by atoms with Gasteiger partial charge in [-0.15, -0.1) is 0 Å². The zero-order valence-electron chi connectivity index (χ0n) is 19.6. The molecule has 3 amide bonds. The van der Waals surface area contributed by atoms with Crippen LogP contribution in [0.3, 0.4) is 0 Å². The average molecular weight is 468 g/mol. The molecule has 3 heterocycles. The Labute approximate surface area is 198 Å². The lowest BCUT2D eigenvalue weighted by Gasteiger charge is -2.36. The first kappa shape index (κ1) is 22.2. The van der Waals surface area contributed by atoms with E-state index < -0.39 is 0 Å². The molecule has 0 aliphatic carbocycles. The van der Waals surface area contributed by atoms with Crippen LogP contribution in [-0.2, 0) is 11.2 Å². The molecule has 180 valence electrons. The van der Waals surface area contributed by atoms with Gasteiger partial charge in [-0.25, -0.2) is 4.79 Å².